The maximum atomic E-state index is 13.8. The predicted octanol–water partition coefficient (Wildman–Crippen LogP) is 7.11. The van der Waals surface area contributed by atoms with E-state index in [0.717, 1.165) is 49.9 Å². The van der Waals surface area contributed by atoms with Gasteiger partial charge in [-0.25, -0.2) is 4.79 Å². The summed E-state index contributed by atoms with van der Waals surface area (Å²) in [6.45, 7) is 8.02. The first-order valence-corrected chi connectivity index (χ1v) is 16.0. The minimum atomic E-state index is -0.617. The highest BCUT2D eigenvalue weighted by Crippen LogP contribution is 2.68. The van der Waals surface area contributed by atoms with Crippen LogP contribution in [0.2, 0.25) is 0 Å². The monoisotopic (exact) mass is 633 g/mol. The van der Waals surface area contributed by atoms with Crippen LogP contribution in [0.25, 0.3) is 21.8 Å². The molecule has 0 bridgehead atoms. The number of allylic oxidation sites excluding steroid dienone is 2. The van der Waals surface area contributed by atoms with Gasteiger partial charge in [0.25, 0.3) is 11.8 Å². The molecule has 46 heavy (non-hydrogen) atoms. The Labute approximate surface area is 267 Å². The number of amides is 3. The van der Waals surface area contributed by atoms with Gasteiger partial charge in [0.2, 0.25) is 0 Å². The zero-order valence-electron chi connectivity index (χ0n) is 25.7. The molecule has 5 aromatic rings. The molecule has 2 aromatic carbocycles. The third-order valence-electron chi connectivity index (χ3n) is 9.03. The molecule has 11 heteroatoms. The van der Waals surface area contributed by atoms with Crippen molar-refractivity contribution >= 4 is 68.2 Å². The molecule has 8 rings (SSSR count). The van der Waals surface area contributed by atoms with Crippen LogP contribution in [0.15, 0.2) is 65.7 Å². The van der Waals surface area contributed by atoms with Gasteiger partial charge in [-0.1, -0.05) is 0 Å². The number of piperidine rings is 1. The maximum Gasteiger partial charge on any atom is 0.412 e. The van der Waals surface area contributed by atoms with Gasteiger partial charge >= 0.3 is 6.09 Å². The van der Waals surface area contributed by atoms with Gasteiger partial charge in [-0.05, 0) is 105 Å². The van der Waals surface area contributed by atoms with Crippen molar-refractivity contribution in [3.63, 3.8) is 0 Å². The molecule has 3 amide bonds. The van der Waals surface area contributed by atoms with Gasteiger partial charge in [-0.15, -0.1) is 11.3 Å². The van der Waals surface area contributed by atoms with Crippen molar-refractivity contribution < 1.29 is 23.9 Å². The first-order valence-electron chi connectivity index (χ1n) is 15.1. The van der Waals surface area contributed by atoms with Gasteiger partial charge in [-0.3, -0.25) is 19.7 Å². The molecule has 232 valence electrons. The number of hydrogen-bond acceptors (Lipinski definition) is 6. The van der Waals surface area contributed by atoms with Crippen LogP contribution in [-0.4, -0.2) is 50.7 Å². The summed E-state index contributed by atoms with van der Waals surface area (Å²) < 4.78 is 5.32. The highest BCUT2D eigenvalue weighted by Gasteiger charge is 2.68. The molecule has 2 fully saturated rings. The number of likely N-dealkylation sites (tertiary alicyclic amines) is 1. The lowest BCUT2D eigenvalue weighted by Gasteiger charge is -2.28. The first kappa shape index (κ1) is 28.3. The Balaban J connectivity index is 0.988. The lowest BCUT2D eigenvalue weighted by Crippen LogP contribution is -2.33. The van der Waals surface area contributed by atoms with Crippen molar-refractivity contribution in [1.82, 2.24) is 14.9 Å². The van der Waals surface area contributed by atoms with E-state index in [1.807, 2.05) is 17.5 Å². The number of rotatable bonds is 4. The highest BCUT2D eigenvalue weighted by atomic mass is 32.1. The second-order valence-electron chi connectivity index (χ2n) is 13.4. The van der Waals surface area contributed by atoms with Gasteiger partial charge in [0.15, 0.2) is 5.78 Å². The zero-order valence-corrected chi connectivity index (χ0v) is 26.5. The molecule has 3 aromatic heterocycles. The number of benzene rings is 2. The minimum Gasteiger partial charge on any atom is -0.444 e. The number of nitrogens with zero attached hydrogens (tertiary/aromatic N) is 1. The summed E-state index contributed by atoms with van der Waals surface area (Å²) in [5.74, 6) is -0.194. The van der Waals surface area contributed by atoms with Gasteiger partial charge in [0.1, 0.15) is 17.0 Å². The number of carbonyl (C=O) groups excluding carboxylic acids is 4. The van der Waals surface area contributed by atoms with E-state index in [0.29, 0.717) is 35.2 Å². The topological polar surface area (TPSA) is 136 Å². The van der Waals surface area contributed by atoms with Gasteiger partial charge in [0, 0.05) is 56.9 Å². The predicted molar refractivity (Wildman–Crippen MR) is 177 cm³/mol. The van der Waals surface area contributed by atoms with E-state index in [-0.39, 0.29) is 23.0 Å². The van der Waals surface area contributed by atoms with E-state index in [2.05, 4.69) is 27.5 Å². The highest BCUT2D eigenvalue weighted by molar-refractivity contribution is 7.12. The molecule has 1 saturated carbocycles. The average Bonchev–Trinajstić information content (AvgIpc) is 3.43. The molecular formula is C35H31N5O5S. The Kier molecular flexibility index (Phi) is 5.95. The molecule has 2 aliphatic carbocycles. The van der Waals surface area contributed by atoms with E-state index in [1.54, 1.807) is 68.1 Å². The van der Waals surface area contributed by atoms with E-state index in [1.165, 1.54) is 11.3 Å². The Morgan fingerprint density at radius 2 is 1.61 bits per heavy atom. The summed E-state index contributed by atoms with van der Waals surface area (Å²) in [4.78, 5) is 61.0. The lowest BCUT2D eigenvalue weighted by atomic mass is 9.84. The van der Waals surface area contributed by atoms with Crippen LogP contribution >= 0.6 is 11.3 Å². The van der Waals surface area contributed by atoms with E-state index in [4.69, 9.17) is 4.74 Å². The zero-order chi connectivity index (χ0) is 32.1. The fourth-order valence-electron chi connectivity index (χ4n) is 7.05. The van der Waals surface area contributed by atoms with Crippen LogP contribution in [0.5, 0.6) is 0 Å². The molecule has 3 aliphatic rings. The van der Waals surface area contributed by atoms with Crippen molar-refractivity contribution in [2.75, 3.05) is 17.2 Å². The number of ketones is 1. The average molecular weight is 634 g/mol. The standard InChI is InChI=1S/C35H31N5O5S/c1-17-16-46-30-27(41)13-28-35(29(17)30)14-20(35)15-40(28)32(43)26-12-19-9-21(5-7-24(19)39-26)36-31(42)25-11-18-10-22(6-8-23(18)38-25)37-33(44)45-34(2,3)4/h5-13,16,20,38-39H,14-15H2,1-4H3,(H,36,42)(H,37,44)/t20-,35?/m1/s1. The summed E-state index contributed by atoms with van der Waals surface area (Å²) in [5.41, 5.74) is 5.65. The van der Waals surface area contributed by atoms with Crippen LogP contribution in [0.1, 0.15) is 69.0 Å². The van der Waals surface area contributed by atoms with Gasteiger partial charge in [0.05, 0.1) is 4.88 Å². The number of nitrogens with one attached hydrogen (secondary N) is 4. The first-order chi connectivity index (χ1) is 21.9. The van der Waals surface area contributed by atoms with E-state index >= 15 is 0 Å². The van der Waals surface area contributed by atoms with Crippen molar-refractivity contribution in [2.24, 2.45) is 5.92 Å². The Morgan fingerprint density at radius 1 is 0.957 bits per heavy atom. The largest absolute Gasteiger partial charge is 0.444 e. The Bertz CT molecular complexity index is 2200. The normalized spacial score (nSPS) is 19.8. The molecule has 10 nitrogen and oxygen atoms in total. The van der Waals surface area contributed by atoms with Crippen molar-refractivity contribution in [3.05, 3.63) is 93.1 Å². The smallest absolute Gasteiger partial charge is 0.412 e. The molecule has 1 unspecified atom stereocenters. The fourth-order valence-corrected chi connectivity index (χ4v) is 8.10. The van der Waals surface area contributed by atoms with E-state index in [9.17, 15) is 19.2 Å². The fraction of sp³-hybridized carbons (Fsp3) is 0.257. The summed E-state index contributed by atoms with van der Waals surface area (Å²) in [7, 11) is 0. The van der Waals surface area contributed by atoms with Crippen LogP contribution in [0, 0.1) is 12.8 Å². The second-order valence-corrected chi connectivity index (χ2v) is 14.2. The quantitative estimate of drug-likeness (QED) is 0.167. The molecule has 1 aliphatic heterocycles. The number of carbonyl (C=O) groups is 4. The molecule has 1 spiro atoms. The number of hydrogen-bond donors (Lipinski definition) is 4. The van der Waals surface area contributed by atoms with Gasteiger partial charge < -0.3 is 24.9 Å². The summed E-state index contributed by atoms with van der Waals surface area (Å²) in [6.07, 6.45) is 2.08. The van der Waals surface area contributed by atoms with Crippen molar-refractivity contribution in [3.8, 4) is 0 Å². The number of fused-ring (bicyclic) bond motifs is 3. The Morgan fingerprint density at radius 3 is 2.30 bits per heavy atom. The summed E-state index contributed by atoms with van der Waals surface area (Å²) in [5, 5.41) is 9.22. The van der Waals surface area contributed by atoms with Crippen LogP contribution in [0.3, 0.4) is 0 Å². The van der Waals surface area contributed by atoms with Gasteiger partial charge in [-0.2, -0.15) is 0 Å². The van der Waals surface area contributed by atoms with Crippen molar-refractivity contribution in [2.45, 2.75) is 45.1 Å². The van der Waals surface area contributed by atoms with Crippen molar-refractivity contribution in [1.29, 1.82) is 0 Å². The SMILES string of the molecule is Cc1csc2c1C13C[C@@H]1CN(C(=O)c1cc4cc(NC(=O)c5cc6cc(NC(=O)OC(C)(C)C)ccc6[nH]5)ccc4[nH]1)C3=CC2=O. The molecule has 1 saturated heterocycles. The number of H-pyrrole nitrogens is 2. The van der Waals surface area contributed by atoms with Crippen LogP contribution in [0.4, 0.5) is 16.2 Å². The number of thiophene rings is 1. The number of anilines is 2. The Hall–Kier alpha value is -5.16. The maximum absolute atomic E-state index is 13.8. The summed E-state index contributed by atoms with van der Waals surface area (Å²) >= 11 is 1.50. The second kappa shape index (κ2) is 9.67. The number of aryl methyl sites for hydroxylation is 1. The number of ether oxygens (including phenoxy) is 1. The molecular weight excluding hydrogens is 602 g/mol. The third-order valence-corrected chi connectivity index (χ3v) is 10.1. The van der Waals surface area contributed by atoms with Crippen LogP contribution in [-0.2, 0) is 10.2 Å². The molecule has 2 atom stereocenters. The molecule has 4 N–H and O–H groups in total. The molecule has 4 heterocycles. The number of aromatic nitrogens is 2. The lowest BCUT2D eigenvalue weighted by molar-refractivity contribution is 0.0635. The minimum absolute atomic E-state index is 0.0241. The summed E-state index contributed by atoms with van der Waals surface area (Å²) in [6, 6.07) is 14.2. The molecule has 0 radical (unpaired) electrons. The van der Waals surface area contributed by atoms with E-state index < -0.39 is 11.7 Å². The third kappa shape index (κ3) is 4.45. The van der Waals surface area contributed by atoms with Crippen LogP contribution < -0.4 is 10.6 Å². The number of aromatic amines is 2.